The average molecular weight is 516 g/mol. The van der Waals surface area contributed by atoms with Gasteiger partial charge in [0.05, 0.1) is 16.6 Å². The van der Waals surface area contributed by atoms with Crippen LogP contribution in [0.15, 0.2) is 72.8 Å². The highest BCUT2D eigenvalue weighted by Gasteiger charge is 2.25. The van der Waals surface area contributed by atoms with Crippen LogP contribution in [0.4, 0.5) is 0 Å². The van der Waals surface area contributed by atoms with Gasteiger partial charge in [-0.05, 0) is 51.8 Å². The van der Waals surface area contributed by atoms with Crippen LogP contribution >= 0.6 is 22.6 Å². The third-order valence-electron chi connectivity index (χ3n) is 4.80. The van der Waals surface area contributed by atoms with Crippen molar-refractivity contribution in [1.29, 1.82) is 0 Å². The van der Waals surface area contributed by atoms with Gasteiger partial charge in [-0.15, -0.1) is 0 Å². The summed E-state index contributed by atoms with van der Waals surface area (Å²) >= 11 is 2.24. The molecule has 0 radical (unpaired) electrons. The minimum Gasteiger partial charge on any atom is -0.489 e. The Hall–Kier alpha value is -2.54. The first-order chi connectivity index (χ1) is 14.6. The second kappa shape index (κ2) is 11.0. The van der Waals surface area contributed by atoms with Crippen LogP contribution in [0.3, 0.4) is 0 Å². The average Bonchev–Trinajstić information content (AvgIpc) is 2.80. The molecule has 0 aliphatic rings. The van der Waals surface area contributed by atoms with E-state index in [4.69, 9.17) is 14.2 Å². The van der Waals surface area contributed by atoms with Crippen LogP contribution in [0.2, 0.25) is 0 Å². The van der Waals surface area contributed by atoms with Gasteiger partial charge in [-0.1, -0.05) is 67.6 Å². The van der Waals surface area contributed by atoms with Crippen LogP contribution in [0, 0.1) is 3.57 Å². The second-order valence-corrected chi connectivity index (χ2v) is 7.94. The lowest BCUT2D eigenvalue weighted by molar-refractivity contribution is -0.142. The number of esters is 1. The summed E-state index contributed by atoms with van der Waals surface area (Å²) in [5.74, 6) is 0.730. The SMILES string of the molecule is CCC(C(=O)OC)c1cc(OCc2ccccc2)cc(OCc2ccccc2)c1I. The lowest BCUT2D eigenvalue weighted by Gasteiger charge is -2.19. The fourth-order valence-corrected chi connectivity index (χ4v) is 4.01. The van der Waals surface area contributed by atoms with Crippen LogP contribution < -0.4 is 9.47 Å². The molecule has 30 heavy (non-hydrogen) atoms. The molecule has 156 valence electrons. The van der Waals surface area contributed by atoms with Crippen molar-refractivity contribution in [3.05, 3.63) is 93.1 Å². The molecule has 4 nitrogen and oxygen atoms in total. The Kier molecular flexibility index (Phi) is 8.13. The van der Waals surface area contributed by atoms with E-state index in [0.29, 0.717) is 31.1 Å². The molecule has 0 saturated heterocycles. The Morgan fingerprint density at radius 1 is 0.900 bits per heavy atom. The van der Waals surface area contributed by atoms with E-state index in [-0.39, 0.29) is 11.9 Å². The summed E-state index contributed by atoms with van der Waals surface area (Å²) in [4.78, 5) is 12.4. The highest BCUT2D eigenvalue weighted by molar-refractivity contribution is 14.1. The van der Waals surface area contributed by atoms with Crippen molar-refractivity contribution in [3.8, 4) is 11.5 Å². The second-order valence-electron chi connectivity index (χ2n) is 6.86. The molecule has 1 atom stereocenters. The smallest absolute Gasteiger partial charge is 0.313 e. The van der Waals surface area contributed by atoms with Crippen molar-refractivity contribution in [2.75, 3.05) is 7.11 Å². The number of ether oxygens (including phenoxy) is 3. The number of methoxy groups -OCH3 is 1. The summed E-state index contributed by atoms with van der Waals surface area (Å²) in [5.41, 5.74) is 3.01. The number of hydrogen-bond donors (Lipinski definition) is 0. The van der Waals surface area contributed by atoms with E-state index in [9.17, 15) is 4.79 Å². The first-order valence-corrected chi connectivity index (χ1v) is 10.9. The van der Waals surface area contributed by atoms with Gasteiger partial charge in [-0.3, -0.25) is 4.79 Å². The number of carbonyl (C=O) groups excluding carboxylic acids is 1. The van der Waals surface area contributed by atoms with Gasteiger partial charge in [-0.2, -0.15) is 0 Å². The maximum atomic E-state index is 12.4. The van der Waals surface area contributed by atoms with E-state index < -0.39 is 0 Å². The highest BCUT2D eigenvalue weighted by Crippen LogP contribution is 2.37. The predicted octanol–water partition coefficient (Wildman–Crippen LogP) is 6.12. The van der Waals surface area contributed by atoms with Crippen molar-refractivity contribution >= 4 is 28.6 Å². The summed E-state index contributed by atoms with van der Waals surface area (Å²) in [7, 11) is 1.42. The number of rotatable bonds is 9. The summed E-state index contributed by atoms with van der Waals surface area (Å²) in [6, 6.07) is 23.8. The third kappa shape index (κ3) is 5.75. The molecule has 1 unspecified atom stereocenters. The number of carbonyl (C=O) groups is 1. The monoisotopic (exact) mass is 516 g/mol. The fraction of sp³-hybridized carbons (Fsp3) is 0.240. The van der Waals surface area contributed by atoms with Gasteiger partial charge in [0.25, 0.3) is 0 Å². The quantitative estimate of drug-likeness (QED) is 0.254. The molecule has 0 aliphatic heterocycles. The molecule has 0 spiro atoms. The van der Waals surface area contributed by atoms with Crippen LogP contribution in [0.5, 0.6) is 11.5 Å². The van der Waals surface area contributed by atoms with Gasteiger partial charge >= 0.3 is 5.97 Å². The van der Waals surface area contributed by atoms with E-state index in [2.05, 4.69) is 22.6 Å². The van der Waals surface area contributed by atoms with Crippen LogP contribution in [0.25, 0.3) is 0 Å². The maximum absolute atomic E-state index is 12.4. The summed E-state index contributed by atoms with van der Waals surface area (Å²) in [5, 5.41) is 0. The minimum absolute atomic E-state index is 0.260. The van der Waals surface area contributed by atoms with Gasteiger partial charge in [0.2, 0.25) is 0 Å². The molecule has 3 aromatic carbocycles. The molecule has 0 N–H and O–H groups in total. The van der Waals surface area contributed by atoms with E-state index in [1.807, 2.05) is 79.7 Å². The largest absolute Gasteiger partial charge is 0.489 e. The Balaban J connectivity index is 1.90. The highest BCUT2D eigenvalue weighted by atomic mass is 127. The van der Waals surface area contributed by atoms with Gasteiger partial charge in [0.1, 0.15) is 24.7 Å². The van der Waals surface area contributed by atoms with Crippen molar-refractivity contribution in [2.45, 2.75) is 32.5 Å². The number of halogens is 1. The number of benzene rings is 3. The molecule has 0 fully saturated rings. The Morgan fingerprint density at radius 3 is 2.00 bits per heavy atom. The van der Waals surface area contributed by atoms with E-state index >= 15 is 0 Å². The Bertz CT molecular complexity index is 958. The summed E-state index contributed by atoms with van der Waals surface area (Å²) in [6.07, 6.45) is 0.628. The van der Waals surface area contributed by atoms with Crippen molar-refractivity contribution in [1.82, 2.24) is 0 Å². The first kappa shape index (κ1) is 22.2. The topological polar surface area (TPSA) is 44.8 Å². The summed E-state index contributed by atoms with van der Waals surface area (Å²) in [6.45, 7) is 2.85. The van der Waals surface area contributed by atoms with Crippen LogP contribution in [-0.4, -0.2) is 13.1 Å². The molecule has 3 aromatic rings. The molecule has 0 bridgehead atoms. The Morgan fingerprint density at radius 2 is 1.47 bits per heavy atom. The molecule has 0 heterocycles. The third-order valence-corrected chi connectivity index (χ3v) is 5.95. The normalized spacial score (nSPS) is 11.6. The minimum atomic E-state index is -0.374. The summed E-state index contributed by atoms with van der Waals surface area (Å²) < 4.78 is 18.1. The molecule has 0 aromatic heterocycles. The van der Waals surface area contributed by atoms with Gasteiger partial charge in [0.15, 0.2) is 0 Å². The van der Waals surface area contributed by atoms with E-state index in [0.717, 1.165) is 20.3 Å². The molecular formula is C25H25IO4. The molecule has 0 saturated carbocycles. The number of hydrogen-bond acceptors (Lipinski definition) is 4. The fourth-order valence-electron chi connectivity index (χ4n) is 3.17. The maximum Gasteiger partial charge on any atom is 0.313 e. The van der Waals surface area contributed by atoms with Gasteiger partial charge in [0, 0.05) is 6.07 Å². The Labute approximate surface area is 191 Å². The van der Waals surface area contributed by atoms with Crippen LogP contribution in [-0.2, 0) is 22.7 Å². The van der Waals surface area contributed by atoms with Crippen molar-refractivity contribution < 1.29 is 19.0 Å². The standard InChI is InChI=1S/C25H25IO4/c1-3-21(25(27)28-2)22-14-20(29-16-18-10-6-4-7-11-18)15-23(24(22)26)30-17-19-12-8-5-9-13-19/h4-15,21H,3,16-17H2,1-2H3. The predicted molar refractivity (Wildman–Crippen MR) is 126 cm³/mol. The van der Waals surface area contributed by atoms with Gasteiger partial charge in [-0.25, -0.2) is 0 Å². The first-order valence-electron chi connectivity index (χ1n) is 9.87. The molecular weight excluding hydrogens is 491 g/mol. The zero-order valence-corrected chi connectivity index (χ0v) is 19.3. The van der Waals surface area contributed by atoms with E-state index in [1.165, 1.54) is 7.11 Å². The van der Waals surface area contributed by atoms with Gasteiger partial charge < -0.3 is 14.2 Å². The molecule has 0 amide bonds. The lowest BCUT2D eigenvalue weighted by atomic mass is 9.96. The van der Waals surface area contributed by atoms with Crippen molar-refractivity contribution in [3.63, 3.8) is 0 Å². The van der Waals surface area contributed by atoms with E-state index in [1.54, 1.807) is 0 Å². The van der Waals surface area contributed by atoms with Crippen LogP contribution in [0.1, 0.15) is 36.0 Å². The molecule has 0 aliphatic carbocycles. The van der Waals surface area contributed by atoms with Crippen molar-refractivity contribution in [2.24, 2.45) is 0 Å². The zero-order chi connectivity index (χ0) is 21.3. The molecule has 3 rings (SSSR count). The zero-order valence-electron chi connectivity index (χ0n) is 17.1. The molecule has 5 heteroatoms. The lowest BCUT2D eigenvalue weighted by Crippen LogP contribution is -2.15.